The zero-order valence-corrected chi connectivity index (χ0v) is 11.0. The molecular formula is C14H18F2N2O. The van der Waals surface area contributed by atoms with Gasteiger partial charge in [-0.25, -0.2) is 8.78 Å². The van der Waals surface area contributed by atoms with Crippen molar-refractivity contribution in [1.29, 1.82) is 0 Å². The molecule has 2 rings (SSSR count). The van der Waals surface area contributed by atoms with Crippen molar-refractivity contribution < 1.29 is 13.6 Å². The zero-order valence-electron chi connectivity index (χ0n) is 11.0. The summed E-state index contributed by atoms with van der Waals surface area (Å²) in [6, 6.07) is 3.02. The molecule has 19 heavy (non-hydrogen) atoms. The molecule has 1 aromatic carbocycles. The van der Waals surface area contributed by atoms with E-state index in [0.717, 1.165) is 31.4 Å². The van der Waals surface area contributed by atoms with Gasteiger partial charge in [-0.05, 0) is 38.3 Å². The molecule has 1 amide bonds. The second-order valence-corrected chi connectivity index (χ2v) is 5.24. The zero-order chi connectivity index (χ0) is 14.0. The van der Waals surface area contributed by atoms with Crippen molar-refractivity contribution in [2.75, 3.05) is 13.1 Å². The summed E-state index contributed by atoms with van der Waals surface area (Å²) in [5, 5.41) is 0. The molecule has 2 N–H and O–H groups in total. The fourth-order valence-electron chi connectivity index (χ4n) is 2.55. The van der Waals surface area contributed by atoms with E-state index in [1.165, 1.54) is 6.07 Å². The number of nitrogens with two attached hydrogens (primary N) is 1. The van der Waals surface area contributed by atoms with Crippen LogP contribution in [-0.2, 0) is 0 Å². The number of halogens is 2. The first-order chi connectivity index (χ1) is 8.98. The van der Waals surface area contributed by atoms with Gasteiger partial charge < -0.3 is 10.6 Å². The monoisotopic (exact) mass is 268 g/mol. The molecule has 1 heterocycles. The number of carbonyl (C=O) groups excluding carboxylic acids is 1. The molecule has 3 nitrogen and oxygen atoms in total. The molecule has 1 aliphatic heterocycles. The summed E-state index contributed by atoms with van der Waals surface area (Å²) in [4.78, 5) is 14.0. The van der Waals surface area contributed by atoms with Crippen LogP contribution in [0.25, 0.3) is 0 Å². The lowest BCUT2D eigenvalue weighted by Crippen LogP contribution is -2.56. The van der Waals surface area contributed by atoms with E-state index in [4.69, 9.17) is 5.73 Å². The van der Waals surface area contributed by atoms with Gasteiger partial charge in [-0.3, -0.25) is 4.79 Å². The molecule has 5 heteroatoms. The molecular weight excluding hydrogens is 250 g/mol. The number of hydrogen-bond acceptors (Lipinski definition) is 2. The van der Waals surface area contributed by atoms with Crippen molar-refractivity contribution in [3.63, 3.8) is 0 Å². The molecule has 1 atom stereocenters. The maximum atomic E-state index is 13.7. The van der Waals surface area contributed by atoms with Crippen LogP contribution in [0.15, 0.2) is 18.2 Å². The van der Waals surface area contributed by atoms with Crippen LogP contribution in [0.3, 0.4) is 0 Å². The molecule has 0 aliphatic carbocycles. The molecule has 1 aromatic rings. The largest absolute Gasteiger partial charge is 0.332 e. The highest BCUT2D eigenvalue weighted by Crippen LogP contribution is 2.29. The van der Waals surface area contributed by atoms with Crippen molar-refractivity contribution in [2.24, 2.45) is 5.73 Å². The Morgan fingerprint density at radius 2 is 2.16 bits per heavy atom. The van der Waals surface area contributed by atoms with Crippen LogP contribution in [0.5, 0.6) is 0 Å². The van der Waals surface area contributed by atoms with Crippen LogP contribution in [0, 0.1) is 11.6 Å². The number of rotatable bonds is 2. The molecule has 0 radical (unpaired) electrons. The number of carbonyl (C=O) groups is 1. The van der Waals surface area contributed by atoms with Crippen LogP contribution in [-0.4, -0.2) is 29.4 Å². The molecule has 0 spiro atoms. The van der Waals surface area contributed by atoms with E-state index in [1.54, 1.807) is 4.90 Å². The molecule has 104 valence electrons. The van der Waals surface area contributed by atoms with Gasteiger partial charge >= 0.3 is 0 Å². The fraction of sp³-hybridized carbons (Fsp3) is 0.500. The number of amides is 1. The van der Waals surface area contributed by atoms with Crippen LogP contribution in [0.1, 0.15) is 36.5 Å². The number of piperidine rings is 1. The van der Waals surface area contributed by atoms with Gasteiger partial charge in [0, 0.05) is 19.2 Å². The molecule has 1 unspecified atom stereocenters. The van der Waals surface area contributed by atoms with Crippen LogP contribution >= 0.6 is 0 Å². The number of nitrogens with zero attached hydrogens (tertiary/aromatic N) is 1. The topological polar surface area (TPSA) is 46.3 Å². The number of hydrogen-bond donors (Lipinski definition) is 1. The smallest absolute Gasteiger partial charge is 0.257 e. The maximum absolute atomic E-state index is 13.7. The summed E-state index contributed by atoms with van der Waals surface area (Å²) in [6.07, 6.45) is 2.69. The molecule has 1 fully saturated rings. The average Bonchev–Trinajstić information content (AvgIpc) is 2.38. The Bertz CT molecular complexity index is 492. The highest BCUT2D eigenvalue weighted by Gasteiger charge is 2.37. The van der Waals surface area contributed by atoms with Crippen molar-refractivity contribution in [3.8, 4) is 0 Å². The van der Waals surface area contributed by atoms with Gasteiger partial charge in [0.15, 0.2) is 0 Å². The van der Waals surface area contributed by atoms with Gasteiger partial charge in [-0.15, -0.1) is 0 Å². The van der Waals surface area contributed by atoms with Crippen molar-refractivity contribution in [2.45, 2.75) is 31.7 Å². The van der Waals surface area contributed by atoms with Gasteiger partial charge in [0.2, 0.25) is 0 Å². The van der Waals surface area contributed by atoms with Gasteiger partial charge in [0.05, 0.1) is 11.1 Å². The summed E-state index contributed by atoms with van der Waals surface area (Å²) in [7, 11) is 0. The third-order valence-corrected chi connectivity index (χ3v) is 3.85. The SMILES string of the molecule is CC1(CN)CCCCN1C(=O)c1ccc(F)cc1F. The van der Waals surface area contributed by atoms with Crippen molar-refractivity contribution in [1.82, 2.24) is 4.90 Å². The third-order valence-electron chi connectivity index (χ3n) is 3.85. The van der Waals surface area contributed by atoms with E-state index in [-0.39, 0.29) is 5.56 Å². The normalized spacial score (nSPS) is 23.5. The Hall–Kier alpha value is -1.49. The minimum absolute atomic E-state index is 0.0945. The molecule has 1 saturated heterocycles. The molecule has 0 aromatic heterocycles. The standard InChI is InChI=1S/C14H18F2N2O/c1-14(9-17)6-2-3-7-18(14)13(19)11-5-4-10(15)8-12(11)16/h4-5,8H,2-3,6-7,9,17H2,1H3. The summed E-state index contributed by atoms with van der Waals surface area (Å²) in [5.41, 5.74) is 5.22. The minimum Gasteiger partial charge on any atom is -0.332 e. The lowest BCUT2D eigenvalue weighted by Gasteiger charge is -2.44. The van der Waals surface area contributed by atoms with Crippen molar-refractivity contribution in [3.05, 3.63) is 35.4 Å². The van der Waals surface area contributed by atoms with E-state index >= 15 is 0 Å². The van der Waals surface area contributed by atoms with Gasteiger partial charge in [-0.2, -0.15) is 0 Å². The number of likely N-dealkylation sites (tertiary alicyclic amines) is 1. The maximum Gasteiger partial charge on any atom is 0.257 e. The Morgan fingerprint density at radius 1 is 1.42 bits per heavy atom. The van der Waals surface area contributed by atoms with Crippen LogP contribution in [0.4, 0.5) is 8.78 Å². The lowest BCUT2D eigenvalue weighted by molar-refractivity contribution is 0.0398. The van der Waals surface area contributed by atoms with Gasteiger partial charge in [0.25, 0.3) is 5.91 Å². The van der Waals surface area contributed by atoms with E-state index in [0.29, 0.717) is 13.1 Å². The molecule has 0 saturated carbocycles. The first-order valence-corrected chi connectivity index (χ1v) is 6.45. The van der Waals surface area contributed by atoms with E-state index in [9.17, 15) is 13.6 Å². The Balaban J connectivity index is 2.32. The van der Waals surface area contributed by atoms with Crippen molar-refractivity contribution >= 4 is 5.91 Å². The minimum atomic E-state index is -0.824. The highest BCUT2D eigenvalue weighted by molar-refractivity contribution is 5.95. The quantitative estimate of drug-likeness (QED) is 0.894. The van der Waals surface area contributed by atoms with Gasteiger partial charge in [-0.1, -0.05) is 0 Å². The predicted molar refractivity (Wildman–Crippen MR) is 68.7 cm³/mol. The Kier molecular flexibility index (Phi) is 3.85. The fourth-order valence-corrected chi connectivity index (χ4v) is 2.55. The van der Waals surface area contributed by atoms with E-state index in [2.05, 4.69) is 0 Å². The van der Waals surface area contributed by atoms with Gasteiger partial charge in [0.1, 0.15) is 11.6 Å². The van der Waals surface area contributed by atoms with E-state index in [1.807, 2.05) is 6.92 Å². The Morgan fingerprint density at radius 3 is 2.79 bits per heavy atom. The van der Waals surface area contributed by atoms with E-state index < -0.39 is 23.1 Å². The second-order valence-electron chi connectivity index (χ2n) is 5.24. The summed E-state index contributed by atoms with van der Waals surface area (Å²) < 4.78 is 26.6. The average molecular weight is 268 g/mol. The summed E-state index contributed by atoms with van der Waals surface area (Å²) >= 11 is 0. The highest BCUT2D eigenvalue weighted by atomic mass is 19.1. The summed E-state index contributed by atoms with van der Waals surface area (Å²) in [6.45, 7) is 2.80. The third kappa shape index (κ3) is 2.61. The molecule has 0 bridgehead atoms. The predicted octanol–water partition coefficient (Wildman–Crippen LogP) is 2.31. The van der Waals surface area contributed by atoms with Crippen LogP contribution in [0.2, 0.25) is 0 Å². The van der Waals surface area contributed by atoms with Crippen LogP contribution < -0.4 is 5.73 Å². The first kappa shape index (κ1) is 13.9. The Labute approximate surface area is 111 Å². The lowest BCUT2D eigenvalue weighted by atomic mass is 9.88. The number of benzene rings is 1. The molecule has 1 aliphatic rings. The first-order valence-electron chi connectivity index (χ1n) is 6.45. The second kappa shape index (κ2) is 5.25. The summed E-state index contributed by atoms with van der Waals surface area (Å²) in [5.74, 6) is -1.92.